The minimum absolute atomic E-state index is 0.0989. The number of hydrogen-bond donors (Lipinski definition) is 1. The van der Waals surface area contributed by atoms with Crippen molar-refractivity contribution in [3.8, 4) is 0 Å². The lowest BCUT2D eigenvalue weighted by Crippen LogP contribution is -2.19. The predicted molar refractivity (Wildman–Crippen MR) is 54.5 cm³/mol. The average molecular weight is 201 g/mol. The summed E-state index contributed by atoms with van der Waals surface area (Å²) in [7, 11) is 0. The molecular formula is C10H19NO3. The van der Waals surface area contributed by atoms with Crippen molar-refractivity contribution < 1.29 is 14.7 Å². The van der Waals surface area contributed by atoms with Crippen molar-refractivity contribution in [3.05, 3.63) is 0 Å². The number of carbonyl (C=O) groups excluding carboxylic acids is 1. The van der Waals surface area contributed by atoms with Crippen LogP contribution in [0.15, 0.2) is 5.16 Å². The van der Waals surface area contributed by atoms with Crippen molar-refractivity contribution in [1.29, 1.82) is 0 Å². The van der Waals surface area contributed by atoms with E-state index in [0.29, 0.717) is 13.0 Å². The maximum atomic E-state index is 11.2. The SMILES string of the molecule is CCOC(=O)/C(CCC(C)(C)C)=N/O. The summed E-state index contributed by atoms with van der Waals surface area (Å²) in [6, 6.07) is 0. The van der Waals surface area contributed by atoms with Crippen LogP contribution in [0.4, 0.5) is 0 Å². The normalized spacial score (nSPS) is 12.7. The predicted octanol–water partition coefficient (Wildman–Crippen LogP) is 2.21. The zero-order chi connectivity index (χ0) is 11.2. The van der Waals surface area contributed by atoms with E-state index >= 15 is 0 Å². The van der Waals surface area contributed by atoms with Gasteiger partial charge in [-0.2, -0.15) is 0 Å². The van der Waals surface area contributed by atoms with Crippen LogP contribution in [0, 0.1) is 5.41 Å². The second kappa shape index (κ2) is 5.62. The van der Waals surface area contributed by atoms with Crippen molar-refractivity contribution in [2.45, 2.75) is 40.5 Å². The maximum Gasteiger partial charge on any atom is 0.356 e. The van der Waals surface area contributed by atoms with E-state index in [-0.39, 0.29) is 11.1 Å². The monoisotopic (exact) mass is 201 g/mol. The Labute approximate surface area is 84.9 Å². The second-order valence-corrected chi connectivity index (χ2v) is 4.33. The van der Waals surface area contributed by atoms with Gasteiger partial charge in [0.25, 0.3) is 0 Å². The van der Waals surface area contributed by atoms with E-state index in [2.05, 4.69) is 25.9 Å². The highest BCUT2D eigenvalue weighted by Crippen LogP contribution is 2.20. The first-order valence-electron chi connectivity index (χ1n) is 4.78. The van der Waals surface area contributed by atoms with E-state index in [1.165, 1.54) is 0 Å². The van der Waals surface area contributed by atoms with Gasteiger partial charge in [-0.25, -0.2) is 4.79 Å². The molecule has 0 aliphatic heterocycles. The average Bonchev–Trinajstić information content (AvgIpc) is 2.03. The van der Waals surface area contributed by atoms with Crippen LogP contribution < -0.4 is 0 Å². The molecule has 82 valence electrons. The van der Waals surface area contributed by atoms with Gasteiger partial charge in [0.2, 0.25) is 0 Å². The molecule has 0 radical (unpaired) electrons. The molecule has 0 spiro atoms. The molecule has 0 atom stereocenters. The molecule has 0 aromatic carbocycles. The van der Waals surface area contributed by atoms with Gasteiger partial charge in [-0.15, -0.1) is 0 Å². The van der Waals surface area contributed by atoms with E-state index in [0.717, 1.165) is 6.42 Å². The molecule has 4 nitrogen and oxygen atoms in total. The molecule has 0 aliphatic carbocycles. The van der Waals surface area contributed by atoms with Crippen molar-refractivity contribution >= 4 is 11.7 Å². The Morgan fingerprint density at radius 3 is 2.36 bits per heavy atom. The Morgan fingerprint density at radius 2 is 2.00 bits per heavy atom. The summed E-state index contributed by atoms with van der Waals surface area (Å²) >= 11 is 0. The van der Waals surface area contributed by atoms with Crippen LogP contribution in [0.3, 0.4) is 0 Å². The number of oxime groups is 1. The smallest absolute Gasteiger partial charge is 0.356 e. The van der Waals surface area contributed by atoms with Crippen molar-refractivity contribution in [3.63, 3.8) is 0 Å². The first kappa shape index (κ1) is 12.9. The van der Waals surface area contributed by atoms with Gasteiger partial charge in [0.15, 0.2) is 5.71 Å². The molecule has 0 bridgehead atoms. The van der Waals surface area contributed by atoms with Crippen LogP contribution in [-0.2, 0) is 9.53 Å². The summed E-state index contributed by atoms with van der Waals surface area (Å²) in [6.45, 7) is 8.21. The topological polar surface area (TPSA) is 58.9 Å². The third-order valence-electron chi connectivity index (χ3n) is 1.74. The zero-order valence-electron chi connectivity index (χ0n) is 9.33. The largest absolute Gasteiger partial charge is 0.461 e. The van der Waals surface area contributed by atoms with Crippen molar-refractivity contribution in [2.75, 3.05) is 6.61 Å². The fourth-order valence-electron chi connectivity index (χ4n) is 0.901. The lowest BCUT2D eigenvalue weighted by atomic mass is 9.89. The van der Waals surface area contributed by atoms with Crippen LogP contribution in [0.25, 0.3) is 0 Å². The van der Waals surface area contributed by atoms with Crippen molar-refractivity contribution in [1.82, 2.24) is 0 Å². The van der Waals surface area contributed by atoms with Gasteiger partial charge >= 0.3 is 5.97 Å². The van der Waals surface area contributed by atoms with E-state index in [4.69, 9.17) is 9.94 Å². The Morgan fingerprint density at radius 1 is 1.43 bits per heavy atom. The van der Waals surface area contributed by atoms with Gasteiger partial charge in [-0.05, 0) is 18.8 Å². The Balaban J connectivity index is 4.12. The molecule has 14 heavy (non-hydrogen) atoms. The van der Waals surface area contributed by atoms with Gasteiger partial charge in [0.1, 0.15) is 0 Å². The third-order valence-corrected chi connectivity index (χ3v) is 1.74. The van der Waals surface area contributed by atoms with E-state index in [1.807, 2.05) is 0 Å². The lowest BCUT2D eigenvalue weighted by molar-refractivity contribution is -0.135. The molecular weight excluding hydrogens is 182 g/mol. The summed E-state index contributed by atoms with van der Waals surface area (Å²) in [5.74, 6) is -0.528. The van der Waals surface area contributed by atoms with E-state index in [9.17, 15) is 4.79 Å². The summed E-state index contributed by atoms with van der Waals surface area (Å²) < 4.78 is 4.73. The second-order valence-electron chi connectivity index (χ2n) is 4.33. The molecule has 0 saturated heterocycles. The molecule has 4 heteroatoms. The van der Waals surface area contributed by atoms with Crippen LogP contribution >= 0.6 is 0 Å². The maximum absolute atomic E-state index is 11.2. The van der Waals surface area contributed by atoms with Gasteiger partial charge < -0.3 is 9.94 Å². The summed E-state index contributed by atoms with van der Waals surface area (Å²) in [5, 5.41) is 11.6. The summed E-state index contributed by atoms with van der Waals surface area (Å²) in [4.78, 5) is 11.2. The fourth-order valence-corrected chi connectivity index (χ4v) is 0.901. The number of hydrogen-bond acceptors (Lipinski definition) is 4. The van der Waals surface area contributed by atoms with Gasteiger partial charge in [0, 0.05) is 6.42 Å². The van der Waals surface area contributed by atoms with Crippen LogP contribution in [-0.4, -0.2) is 23.5 Å². The lowest BCUT2D eigenvalue weighted by Gasteiger charge is -2.17. The molecule has 0 aliphatic rings. The van der Waals surface area contributed by atoms with E-state index < -0.39 is 5.97 Å². The zero-order valence-corrected chi connectivity index (χ0v) is 9.33. The minimum atomic E-state index is -0.528. The highest BCUT2D eigenvalue weighted by Gasteiger charge is 2.17. The van der Waals surface area contributed by atoms with Crippen molar-refractivity contribution in [2.24, 2.45) is 10.6 Å². The minimum Gasteiger partial charge on any atom is -0.461 e. The standard InChI is InChI=1S/C10H19NO3/c1-5-14-9(12)8(11-13)6-7-10(2,3)4/h13H,5-7H2,1-4H3/b11-8+. The first-order valence-corrected chi connectivity index (χ1v) is 4.78. The van der Waals surface area contributed by atoms with Crippen LogP contribution in [0.2, 0.25) is 0 Å². The Hall–Kier alpha value is -1.06. The highest BCUT2D eigenvalue weighted by atomic mass is 16.5. The van der Waals surface area contributed by atoms with Crippen LogP contribution in [0.5, 0.6) is 0 Å². The number of esters is 1. The molecule has 0 rings (SSSR count). The molecule has 1 N–H and O–H groups in total. The number of carbonyl (C=O) groups is 1. The van der Waals surface area contributed by atoms with E-state index in [1.54, 1.807) is 6.92 Å². The van der Waals surface area contributed by atoms with Gasteiger partial charge in [-0.3, -0.25) is 0 Å². The molecule has 0 saturated carbocycles. The molecule has 0 aromatic rings. The fraction of sp³-hybridized carbons (Fsp3) is 0.800. The summed E-state index contributed by atoms with van der Waals surface area (Å²) in [6.07, 6.45) is 1.23. The number of nitrogens with zero attached hydrogens (tertiary/aromatic N) is 1. The van der Waals surface area contributed by atoms with Gasteiger partial charge in [0.05, 0.1) is 6.61 Å². The molecule has 0 fully saturated rings. The molecule has 0 heterocycles. The Kier molecular flexibility index (Phi) is 5.20. The number of ether oxygens (including phenoxy) is 1. The molecule has 0 aromatic heterocycles. The molecule has 0 unspecified atom stereocenters. The molecule has 0 amide bonds. The Bertz CT molecular complexity index is 216. The van der Waals surface area contributed by atoms with Crippen LogP contribution in [0.1, 0.15) is 40.5 Å². The summed E-state index contributed by atoms with van der Waals surface area (Å²) in [5.41, 5.74) is 0.212. The number of rotatable bonds is 4. The first-order chi connectivity index (χ1) is 6.40. The quantitative estimate of drug-likeness (QED) is 0.328. The third kappa shape index (κ3) is 5.56. The highest BCUT2D eigenvalue weighted by molar-refractivity contribution is 6.36. The van der Waals surface area contributed by atoms with Gasteiger partial charge in [-0.1, -0.05) is 25.9 Å².